The highest BCUT2D eigenvalue weighted by atomic mass is 32.2. The first kappa shape index (κ1) is 21.7. The Hall–Kier alpha value is -3.50. The van der Waals surface area contributed by atoms with Crippen molar-refractivity contribution in [2.24, 2.45) is 0 Å². The fourth-order valence-corrected chi connectivity index (χ4v) is 3.77. The van der Waals surface area contributed by atoms with Crippen molar-refractivity contribution in [1.82, 2.24) is 24.9 Å². The predicted octanol–water partition coefficient (Wildman–Crippen LogP) is 3.22. The lowest BCUT2D eigenvalue weighted by atomic mass is 10.1. The van der Waals surface area contributed by atoms with Gasteiger partial charge in [0.15, 0.2) is 0 Å². The van der Waals surface area contributed by atoms with Crippen LogP contribution in [0.3, 0.4) is 0 Å². The first-order valence-corrected chi connectivity index (χ1v) is 11.4. The van der Waals surface area contributed by atoms with E-state index in [2.05, 4.69) is 36.3 Å². The Balaban J connectivity index is 1.42. The summed E-state index contributed by atoms with van der Waals surface area (Å²) in [6, 6.07) is 16.0. The Morgan fingerprint density at radius 3 is 2.69 bits per heavy atom. The lowest BCUT2D eigenvalue weighted by Gasteiger charge is -2.19. The van der Waals surface area contributed by atoms with Crippen LogP contribution in [-0.4, -0.2) is 42.2 Å². The summed E-state index contributed by atoms with van der Waals surface area (Å²) in [7, 11) is -0.564. The Kier molecular flexibility index (Phi) is 6.62. The third-order valence-electron chi connectivity index (χ3n) is 5.20. The minimum atomic E-state index is -2.53. The molecule has 0 spiro atoms. The molecule has 0 aliphatic rings. The van der Waals surface area contributed by atoms with Gasteiger partial charge in [0.05, 0.1) is 11.2 Å². The number of H-pyrrole nitrogens is 1. The van der Waals surface area contributed by atoms with Crippen molar-refractivity contribution < 1.29 is 8.42 Å². The first-order valence-electron chi connectivity index (χ1n) is 10.2. The molecule has 0 unspecified atom stereocenters. The van der Waals surface area contributed by atoms with Gasteiger partial charge in [0.1, 0.15) is 5.82 Å². The van der Waals surface area contributed by atoms with Crippen molar-refractivity contribution in [3.63, 3.8) is 0 Å². The zero-order valence-corrected chi connectivity index (χ0v) is 18.8. The summed E-state index contributed by atoms with van der Waals surface area (Å²) >= 11 is 0. The maximum absolute atomic E-state index is 10.5. The minimum absolute atomic E-state index is 0.444. The van der Waals surface area contributed by atoms with E-state index < -0.39 is 10.9 Å². The number of nitrogens with zero attached hydrogens (tertiary/aromatic N) is 4. The largest absolute Gasteiger partial charge is 0.329 e. The van der Waals surface area contributed by atoms with Crippen LogP contribution in [0.5, 0.6) is 0 Å². The third-order valence-corrected chi connectivity index (χ3v) is 5.68. The van der Waals surface area contributed by atoms with E-state index >= 15 is 0 Å². The Morgan fingerprint density at radius 1 is 1.09 bits per heavy atom. The van der Waals surface area contributed by atoms with Gasteiger partial charge in [0.25, 0.3) is 0 Å². The number of hydrogen-bond acceptors (Lipinski definition) is 7. The molecule has 0 bridgehead atoms. The second-order valence-corrected chi connectivity index (χ2v) is 8.26. The molecule has 0 radical (unpaired) electrons. The Morgan fingerprint density at radius 2 is 1.91 bits per heavy atom. The van der Waals surface area contributed by atoms with Gasteiger partial charge in [0.2, 0.25) is 16.8 Å². The SMILES string of the molecule is Cc1n[nH]c2cc(N(C)c3ccnc(Nc4ccc(CCCN[SH](=O)=O)cc4)n3)ccc12. The zero-order valence-electron chi connectivity index (χ0n) is 17.9. The number of aromatic nitrogens is 4. The summed E-state index contributed by atoms with van der Waals surface area (Å²) in [5.41, 5.74) is 4.97. The number of aryl methyl sites for hydroxylation is 2. The van der Waals surface area contributed by atoms with Gasteiger partial charge in [0, 0.05) is 36.6 Å². The van der Waals surface area contributed by atoms with Gasteiger partial charge in [-0.05, 0) is 61.7 Å². The van der Waals surface area contributed by atoms with Crippen LogP contribution in [0, 0.1) is 6.92 Å². The van der Waals surface area contributed by atoms with E-state index in [0.717, 1.165) is 52.2 Å². The molecule has 0 saturated heterocycles. The molecule has 2 aromatic heterocycles. The normalized spacial score (nSPS) is 11.2. The Bertz CT molecular complexity index is 1280. The molecular formula is C22H25N7O2S. The van der Waals surface area contributed by atoms with E-state index in [1.54, 1.807) is 6.20 Å². The van der Waals surface area contributed by atoms with Crippen LogP contribution in [0.25, 0.3) is 10.9 Å². The number of rotatable bonds is 9. The number of nitrogens with one attached hydrogen (secondary N) is 3. The molecule has 166 valence electrons. The minimum Gasteiger partial charge on any atom is -0.329 e. The van der Waals surface area contributed by atoms with Gasteiger partial charge in [-0.15, -0.1) is 0 Å². The topological polar surface area (TPSA) is 116 Å². The van der Waals surface area contributed by atoms with Crippen LogP contribution in [0.15, 0.2) is 54.7 Å². The quantitative estimate of drug-likeness (QED) is 0.228. The average molecular weight is 452 g/mol. The molecule has 0 aliphatic heterocycles. The highest BCUT2D eigenvalue weighted by Crippen LogP contribution is 2.27. The van der Waals surface area contributed by atoms with Crippen LogP contribution in [0.4, 0.5) is 23.1 Å². The molecule has 3 N–H and O–H groups in total. The van der Waals surface area contributed by atoms with Gasteiger partial charge >= 0.3 is 0 Å². The monoisotopic (exact) mass is 451 g/mol. The molecule has 10 heteroatoms. The molecule has 32 heavy (non-hydrogen) atoms. The lowest BCUT2D eigenvalue weighted by molar-refractivity contribution is 0.599. The molecule has 0 aliphatic carbocycles. The van der Waals surface area contributed by atoms with Crippen molar-refractivity contribution in [3.8, 4) is 0 Å². The average Bonchev–Trinajstić information content (AvgIpc) is 3.17. The number of anilines is 4. The number of thiol groups is 1. The van der Waals surface area contributed by atoms with Crippen molar-refractivity contribution in [1.29, 1.82) is 0 Å². The highest BCUT2D eigenvalue weighted by Gasteiger charge is 2.10. The lowest BCUT2D eigenvalue weighted by Crippen LogP contribution is -2.13. The molecular weight excluding hydrogens is 426 g/mol. The smallest absolute Gasteiger partial charge is 0.229 e. The summed E-state index contributed by atoms with van der Waals surface area (Å²) in [6.07, 6.45) is 3.27. The standard InChI is InChI=1S/C22H25N7O2S/c1-15-19-10-9-18(14-20(19)28-27-15)29(2)21-11-13-23-22(26-21)25-17-7-5-16(6-8-17)4-3-12-24-32(30)31/h5-11,13-14,32H,3-4,12H2,1-2H3,(H,27,28)(H,23,25,26)(H,24,30,31). The van der Waals surface area contributed by atoms with Crippen molar-refractivity contribution in [2.45, 2.75) is 19.8 Å². The summed E-state index contributed by atoms with van der Waals surface area (Å²) < 4.78 is 23.5. The van der Waals surface area contributed by atoms with Crippen LogP contribution in [0.1, 0.15) is 17.7 Å². The fraction of sp³-hybridized carbons (Fsp3) is 0.227. The zero-order chi connectivity index (χ0) is 22.5. The molecule has 9 nitrogen and oxygen atoms in total. The summed E-state index contributed by atoms with van der Waals surface area (Å²) in [5, 5.41) is 11.6. The number of fused-ring (bicyclic) bond motifs is 1. The van der Waals surface area contributed by atoms with Gasteiger partial charge in [-0.1, -0.05) is 12.1 Å². The van der Waals surface area contributed by atoms with E-state index in [9.17, 15) is 8.42 Å². The number of hydrogen-bond donors (Lipinski definition) is 4. The Labute approximate surface area is 188 Å². The number of aromatic amines is 1. The maximum Gasteiger partial charge on any atom is 0.229 e. The van der Waals surface area contributed by atoms with Gasteiger partial charge in [-0.3, -0.25) is 5.10 Å². The predicted molar refractivity (Wildman–Crippen MR) is 127 cm³/mol. The first-order chi connectivity index (χ1) is 15.5. The van der Waals surface area contributed by atoms with E-state index in [1.165, 1.54) is 0 Å². The van der Waals surface area contributed by atoms with Crippen molar-refractivity contribution >= 4 is 44.9 Å². The second-order valence-electron chi connectivity index (χ2n) is 7.43. The molecule has 0 saturated carbocycles. The molecule has 0 fully saturated rings. The highest BCUT2D eigenvalue weighted by molar-refractivity contribution is 7.70. The fourth-order valence-electron chi connectivity index (χ4n) is 3.43. The van der Waals surface area contributed by atoms with Crippen LogP contribution < -0.4 is 14.9 Å². The van der Waals surface area contributed by atoms with Crippen LogP contribution in [0.2, 0.25) is 0 Å². The van der Waals surface area contributed by atoms with E-state index in [-0.39, 0.29) is 0 Å². The van der Waals surface area contributed by atoms with E-state index in [1.807, 2.05) is 61.3 Å². The molecule has 0 atom stereocenters. The molecule has 2 aromatic carbocycles. The van der Waals surface area contributed by atoms with Crippen molar-refractivity contribution in [2.75, 3.05) is 23.8 Å². The summed E-state index contributed by atoms with van der Waals surface area (Å²) in [6.45, 7) is 2.42. The van der Waals surface area contributed by atoms with Gasteiger partial charge in [-0.2, -0.15) is 10.1 Å². The third kappa shape index (κ3) is 5.21. The van der Waals surface area contributed by atoms with Gasteiger partial charge in [-0.25, -0.2) is 18.1 Å². The molecule has 4 rings (SSSR count). The van der Waals surface area contributed by atoms with Crippen LogP contribution in [-0.2, 0) is 17.3 Å². The van der Waals surface area contributed by atoms with Crippen molar-refractivity contribution in [3.05, 3.63) is 66.0 Å². The number of benzene rings is 2. The van der Waals surface area contributed by atoms with Crippen LogP contribution >= 0.6 is 0 Å². The molecule has 0 amide bonds. The summed E-state index contributed by atoms with van der Waals surface area (Å²) in [4.78, 5) is 11.0. The molecule has 4 aromatic rings. The van der Waals surface area contributed by atoms with E-state index in [0.29, 0.717) is 12.5 Å². The second kappa shape index (κ2) is 9.75. The van der Waals surface area contributed by atoms with Gasteiger partial charge < -0.3 is 10.2 Å². The molecule has 2 heterocycles. The summed E-state index contributed by atoms with van der Waals surface area (Å²) in [5.74, 6) is 1.27. The van der Waals surface area contributed by atoms with E-state index in [4.69, 9.17) is 0 Å². The maximum atomic E-state index is 10.5.